The molecule has 32 heavy (non-hydrogen) atoms. The zero-order chi connectivity index (χ0) is 22.2. The lowest BCUT2D eigenvalue weighted by atomic mass is 9.78. The van der Waals surface area contributed by atoms with Crippen LogP contribution in [-0.4, -0.2) is 18.0 Å². The number of carbonyl (C=O) groups excluding carboxylic acids is 1. The molecule has 5 rings (SSSR count). The Balaban J connectivity index is 1.63. The Labute approximate surface area is 187 Å². The number of rotatable bonds is 3. The van der Waals surface area contributed by atoms with Crippen LogP contribution in [0.2, 0.25) is 0 Å². The number of phenolic OH excluding ortho intramolecular Hbond substituents is 1. The van der Waals surface area contributed by atoms with Gasteiger partial charge in [0.15, 0.2) is 17.3 Å². The first-order valence-electron chi connectivity index (χ1n) is 10.9. The van der Waals surface area contributed by atoms with Crippen LogP contribution in [0.1, 0.15) is 41.5 Å². The summed E-state index contributed by atoms with van der Waals surface area (Å²) in [5, 5.41) is 17.9. The number of ketones is 1. The third kappa shape index (κ3) is 3.50. The smallest absolute Gasteiger partial charge is 0.163 e. The number of para-hydroxylation sites is 3. The molecule has 0 amide bonds. The average Bonchev–Trinajstić information content (AvgIpc) is 2.96. The molecule has 3 aromatic rings. The van der Waals surface area contributed by atoms with E-state index in [1.54, 1.807) is 6.07 Å². The quantitative estimate of drug-likeness (QED) is 0.502. The monoisotopic (exact) mass is 426 g/mol. The number of methoxy groups -OCH3 is 1. The van der Waals surface area contributed by atoms with Crippen LogP contribution in [0.25, 0.3) is 0 Å². The number of nitrogens with one attached hydrogen (secondary N) is 2. The molecule has 5 heteroatoms. The van der Waals surface area contributed by atoms with Crippen LogP contribution < -0.4 is 15.4 Å². The molecule has 0 saturated carbocycles. The van der Waals surface area contributed by atoms with Crippen LogP contribution >= 0.6 is 0 Å². The number of aryl methyl sites for hydroxylation is 1. The van der Waals surface area contributed by atoms with Crippen LogP contribution in [0.15, 0.2) is 78.0 Å². The van der Waals surface area contributed by atoms with Gasteiger partial charge in [0.2, 0.25) is 0 Å². The minimum Gasteiger partial charge on any atom is -0.504 e. The minimum atomic E-state index is -0.484. The Hall–Kier alpha value is -3.73. The highest BCUT2D eigenvalue weighted by molar-refractivity contribution is 6.01. The first-order chi connectivity index (χ1) is 15.5. The number of fused-ring (bicyclic) bond motifs is 1. The second-order valence-electron chi connectivity index (χ2n) is 8.48. The van der Waals surface area contributed by atoms with E-state index in [1.165, 1.54) is 18.2 Å². The lowest BCUT2D eigenvalue weighted by Gasteiger charge is -2.30. The number of anilines is 2. The molecule has 0 radical (unpaired) electrons. The van der Waals surface area contributed by atoms with Gasteiger partial charge >= 0.3 is 0 Å². The average molecular weight is 427 g/mol. The number of phenols is 1. The van der Waals surface area contributed by atoms with Gasteiger partial charge in [0, 0.05) is 23.3 Å². The molecule has 162 valence electrons. The van der Waals surface area contributed by atoms with E-state index in [1.807, 2.05) is 36.4 Å². The van der Waals surface area contributed by atoms with Crippen molar-refractivity contribution in [2.45, 2.75) is 31.7 Å². The van der Waals surface area contributed by atoms with E-state index in [0.29, 0.717) is 23.3 Å². The fourth-order valence-corrected chi connectivity index (χ4v) is 4.74. The molecule has 0 unspecified atom stereocenters. The van der Waals surface area contributed by atoms with Gasteiger partial charge in [0.1, 0.15) is 0 Å². The first kappa shape index (κ1) is 20.2. The van der Waals surface area contributed by atoms with Gasteiger partial charge in [0.05, 0.1) is 24.5 Å². The second-order valence-corrected chi connectivity index (χ2v) is 8.48. The Morgan fingerprint density at radius 3 is 2.44 bits per heavy atom. The predicted octanol–water partition coefficient (Wildman–Crippen LogP) is 5.69. The maximum Gasteiger partial charge on any atom is 0.163 e. The molecule has 0 aromatic heterocycles. The van der Waals surface area contributed by atoms with E-state index in [9.17, 15) is 9.90 Å². The Bertz CT molecular complexity index is 1210. The topological polar surface area (TPSA) is 70.6 Å². The van der Waals surface area contributed by atoms with E-state index < -0.39 is 6.04 Å². The molecule has 2 aliphatic rings. The molecule has 0 saturated heterocycles. The van der Waals surface area contributed by atoms with Crippen molar-refractivity contribution in [2.75, 3.05) is 17.7 Å². The van der Waals surface area contributed by atoms with E-state index in [-0.39, 0.29) is 17.5 Å². The molecule has 1 heterocycles. The number of allylic oxidation sites excluding steroid dienone is 1. The molecule has 5 nitrogen and oxygen atoms in total. The van der Waals surface area contributed by atoms with Crippen LogP contribution in [0.3, 0.4) is 0 Å². The zero-order valence-corrected chi connectivity index (χ0v) is 18.2. The number of carbonyl (C=O) groups is 1. The summed E-state index contributed by atoms with van der Waals surface area (Å²) in [4.78, 5) is 13.6. The van der Waals surface area contributed by atoms with Gasteiger partial charge < -0.3 is 20.5 Å². The number of aromatic hydroxyl groups is 1. The van der Waals surface area contributed by atoms with Crippen LogP contribution in [0, 0.1) is 6.92 Å². The van der Waals surface area contributed by atoms with Crippen LogP contribution in [0.4, 0.5) is 11.4 Å². The summed E-state index contributed by atoms with van der Waals surface area (Å²) < 4.78 is 5.33. The molecule has 3 aromatic carbocycles. The zero-order valence-electron chi connectivity index (χ0n) is 18.2. The number of Topliss-reactive ketones (excluding diaryl/α,β-unsaturated/α-hetero) is 1. The molecule has 0 spiro atoms. The molecule has 0 bridgehead atoms. The molecule has 1 aliphatic carbocycles. The van der Waals surface area contributed by atoms with Gasteiger partial charge in [-0.05, 0) is 43.0 Å². The standard InChI is InChI=1S/C27H26N2O3/c1-16-10-12-17(13-11-16)18-14-22-25(23(30)15-18)26(19-6-5-9-24(32-2)27(19)31)29-21-8-4-3-7-20(21)28-22/h3-13,18,26,28-29,31H,14-15H2,1-2H3/t18-,26-/m0/s1. The normalized spacial score (nSPS) is 19.9. The van der Waals surface area contributed by atoms with Crippen molar-refractivity contribution >= 4 is 17.2 Å². The third-order valence-corrected chi connectivity index (χ3v) is 6.42. The summed E-state index contributed by atoms with van der Waals surface area (Å²) in [7, 11) is 1.53. The predicted molar refractivity (Wildman–Crippen MR) is 126 cm³/mol. The van der Waals surface area contributed by atoms with Crippen molar-refractivity contribution in [2.24, 2.45) is 0 Å². The fraction of sp³-hybridized carbons (Fsp3) is 0.222. The van der Waals surface area contributed by atoms with Gasteiger partial charge in [-0.1, -0.05) is 54.1 Å². The summed E-state index contributed by atoms with van der Waals surface area (Å²) in [6.45, 7) is 2.07. The Kier molecular flexibility index (Phi) is 5.10. The van der Waals surface area contributed by atoms with E-state index in [2.05, 4.69) is 41.8 Å². The van der Waals surface area contributed by atoms with Crippen LogP contribution in [-0.2, 0) is 4.79 Å². The van der Waals surface area contributed by atoms with Crippen molar-refractivity contribution in [1.82, 2.24) is 0 Å². The van der Waals surface area contributed by atoms with Crippen molar-refractivity contribution in [3.05, 3.63) is 94.7 Å². The minimum absolute atomic E-state index is 0.0483. The largest absolute Gasteiger partial charge is 0.504 e. The van der Waals surface area contributed by atoms with Gasteiger partial charge in [-0.25, -0.2) is 0 Å². The highest BCUT2D eigenvalue weighted by atomic mass is 16.5. The van der Waals surface area contributed by atoms with Crippen molar-refractivity contribution in [1.29, 1.82) is 0 Å². The van der Waals surface area contributed by atoms with Crippen molar-refractivity contribution < 1.29 is 14.6 Å². The Morgan fingerprint density at radius 2 is 1.69 bits per heavy atom. The van der Waals surface area contributed by atoms with E-state index in [4.69, 9.17) is 4.74 Å². The van der Waals surface area contributed by atoms with Gasteiger partial charge in [0.25, 0.3) is 0 Å². The summed E-state index contributed by atoms with van der Waals surface area (Å²) >= 11 is 0. The number of benzene rings is 3. The maximum absolute atomic E-state index is 13.6. The molecule has 0 fully saturated rings. The first-order valence-corrected chi connectivity index (χ1v) is 10.9. The summed E-state index contributed by atoms with van der Waals surface area (Å²) in [5.74, 6) is 0.626. The van der Waals surface area contributed by atoms with Gasteiger partial charge in [-0.3, -0.25) is 4.79 Å². The lowest BCUT2D eigenvalue weighted by Crippen LogP contribution is -2.27. The second kappa shape index (κ2) is 8.08. The van der Waals surface area contributed by atoms with Crippen molar-refractivity contribution in [3.8, 4) is 11.5 Å². The number of hydrogen-bond donors (Lipinski definition) is 3. The fourth-order valence-electron chi connectivity index (χ4n) is 4.74. The maximum atomic E-state index is 13.6. The highest BCUT2D eigenvalue weighted by Crippen LogP contribution is 2.46. The van der Waals surface area contributed by atoms with Crippen molar-refractivity contribution in [3.63, 3.8) is 0 Å². The summed E-state index contributed by atoms with van der Waals surface area (Å²) in [6, 6.07) is 21.2. The SMILES string of the molecule is COc1cccc([C@@H]2Nc3ccccc3NC3=C2C(=O)C[C@@H](c2ccc(C)cc2)C3)c1O. The molecule has 1 aliphatic heterocycles. The number of hydrogen-bond acceptors (Lipinski definition) is 5. The molecule has 2 atom stereocenters. The molecular weight excluding hydrogens is 400 g/mol. The summed E-state index contributed by atoms with van der Waals surface area (Å²) in [5.41, 5.74) is 6.37. The lowest BCUT2D eigenvalue weighted by molar-refractivity contribution is -0.116. The number of ether oxygens (including phenoxy) is 1. The Morgan fingerprint density at radius 1 is 0.938 bits per heavy atom. The van der Waals surface area contributed by atoms with E-state index in [0.717, 1.165) is 23.5 Å². The van der Waals surface area contributed by atoms with E-state index >= 15 is 0 Å². The molecular formula is C27H26N2O3. The van der Waals surface area contributed by atoms with Crippen LogP contribution in [0.5, 0.6) is 11.5 Å². The van der Waals surface area contributed by atoms with Gasteiger partial charge in [-0.15, -0.1) is 0 Å². The third-order valence-electron chi connectivity index (χ3n) is 6.42. The molecule has 3 N–H and O–H groups in total. The summed E-state index contributed by atoms with van der Waals surface area (Å²) in [6.07, 6.45) is 1.16. The highest BCUT2D eigenvalue weighted by Gasteiger charge is 2.37. The van der Waals surface area contributed by atoms with Gasteiger partial charge in [-0.2, -0.15) is 0 Å².